The van der Waals surface area contributed by atoms with Crippen molar-refractivity contribution in [1.82, 2.24) is 0 Å². The van der Waals surface area contributed by atoms with Gasteiger partial charge in [-0.1, -0.05) is 72.8 Å². The number of aromatic hydroxyl groups is 10. The number of furan rings is 1. The number of fused-ring (bicyclic) bond motifs is 9. The molecule has 9 aromatic carbocycles. The van der Waals surface area contributed by atoms with Crippen LogP contribution in [0.15, 0.2) is 77.2 Å². The van der Waals surface area contributed by atoms with Crippen LogP contribution in [0.1, 0.15) is 0 Å². The fourth-order valence-electron chi connectivity index (χ4n) is 8.17. The molecule has 11 heteroatoms. The van der Waals surface area contributed by atoms with Gasteiger partial charge in [-0.15, -0.1) is 0 Å². The Balaban J connectivity index is 1.59. The summed E-state index contributed by atoms with van der Waals surface area (Å²) in [5.74, 6) is -9.21. The molecule has 1 aromatic heterocycles. The van der Waals surface area contributed by atoms with Crippen LogP contribution in [0, 0.1) is 0 Å². The lowest BCUT2D eigenvalue weighted by Gasteiger charge is -2.22. The van der Waals surface area contributed by atoms with Gasteiger partial charge in [0.15, 0.2) is 39.9 Å². The minimum absolute atomic E-state index is 0.0732. The van der Waals surface area contributed by atoms with Crippen molar-refractivity contribution >= 4 is 86.6 Å². The van der Waals surface area contributed by atoms with Crippen molar-refractivity contribution in [1.29, 1.82) is 0 Å². The van der Waals surface area contributed by atoms with E-state index >= 15 is 0 Å². The third-order valence-electron chi connectivity index (χ3n) is 10.2. The molecule has 248 valence electrons. The monoisotopic (exact) mass is 678 g/mol. The third-order valence-corrected chi connectivity index (χ3v) is 10.2. The van der Waals surface area contributed by atoms with Gasteiger partial charge in [0, 0.05) is 21.5 Å². The Kier molecular flexibility index (Phi) is 5.15. The van der Waals surface area contributed by atoms with Gasteiger partial charge in [0.25, 0.3) is 0 Å². The molecule has 0 saturated carbocycles. The van der Waals surface area contributed by atoms with Gasteiger partial charge < -0.3 is 55.5 Å². The summed E-state index contributed by atoms with van der Waals surface area (Å²) < 4.78 is 6.05. The standard InChI is InChI=1S/C40H22O11/c41-29-23-20-15-10-5-4-9-14(15)18(13-7-2-1-3-8-13)16-11-6-12-17(19(16)20)21-22(23)26(34(46)36(48)31(21)43)39-27(29)28-30(42)24-25(35(47)40(28)51-39)33(45)38(50)37(49)32(24)44/h1-12,41-50H. The lowest BCUT2D eigenvalue weighted by atomic mass is 9.82. The van der Waals surface area contributed by atoms with Crippen molar-refractivity contribution in [2.75, 3.05) is 0 Å². The predicted octanol–water partition coefficient (Wildman–Crippen LogP) is 8.67. The van der Waals surface area contributed by atoms with Crippen molar-refractivity contribution in [3.8, 4) is 68.6 Å². The summed E-state index contributed by atoms with van der Waals surface area (Å²) in [4.78, 5) is 0. The molecule has 0 bridgehead atoms. The van der Waals surface area contributed by atoms with Crippen LogP contribution in [0.25, 0.3) is 97.7 Å². The number of phenolic OH excluding ortho intramolecular Hbond substituents is 10. The van der Waals surface area contributed by atoms with E-state index in [1.807, 2.05) is 60.7 Å². The topological polar surface area (TPSA) is 215 Å². The van der Waals surface area contributed by atoms with Gasteiger partial charge in [0.1, 0.15) is 11.5 Å². The van der Waals surface area contributed by atoms with Crippen molar-refractivity contribution in [3.63, 3.8) is 0 Å². The van der Waals surface area contributed by atoms with Gasteiger partial charge in [-0.05, 0) is 38.1 Å². The highest BCUT2D eigenvalue weighted by Gasteiger charge is 2.34. The fourth-order valence-corrected chi connectivity index (χ4v) is 8.17. The van der Waals surface area contributed by atoms with E-state index in [1.165, 1.54) is 0 Å². The molecule has 0 unspecified atom stereocenters. The molecule has 0 aliphatic rings. The maximum absolute atomic E-state index is 12.5. The number of phenols is 10. The van der Waals surface area contributed by atoms with Crippen LogP contribution >= 0.6 is 0 Å². The Bertz CT molecular complexity index is 3240. The first-order valence-electron chi connectivity index (χ1n) is 15.6. The van der Waals surface area contributed by atoms with Gasteiger partial charge in [-0.3, -0.25) is 0 Å². The van der Waals surface area contributed by atoms with Crippen LogP contribution in [0.4, 0.5) is 0 Å². The summed E-state index contributed by atoms with van der Waals surface area (Å²) in [7, 11) is 0. The molecule has 1 heterocycles. The quantitative estimate of drug-likeness (QED) is 0.0343. The first-order valence-corrected chi connectivity index (χ1v) is 15.6. The number of hydrogen-bond acceptors (Lipinski definition) is 11. The lowest BCUT2D eigenvalue weighted by molar-refractivity contribution is 0.349. The maximum atomic E-state index is 12.5. The molecule has 0 aliphatic carbocycles. The Hall–Kier alpha value is -7.40. The fraction of sp³-hybridized carbons (Fsp3) is 0. The SMILES string of the molecule is Oc1c(O)c(O)c2c(O)c3c(oc4c3c(O)c3c5c(c(O)c(O)c(O)c45)c4cccc5c(-c6ccccc6)c6ccccc6c3c54)c(O)c2c1O. The molecule has 0 aliphatic heterocycles. The zero-order chi connectivity index (χ0) is 35.4. The largest absolute Gasteiger partial charge is 0.506 e. The first kappa shape index (κ1) is 28.6. The normalized spacial score (nSPS) is 12.3. The number of rotatable bonds is 1. The Morgan fingerprint density at radius 2 is 0.765 bits per heavy atom. The van der Waals surface area contributed by atoms with Gasteiger partial charge in [-0.25, -0.2) is 0 Å². The zero-order valence-corrected chi connectivity index (χ0v) is 25.8. The minimum atomic E-state index is -1.18. The molecule has 10 rings (SSSR count). The van der Waals surface area contributed by atoms with E-state index in [2.05, 4.69) is 0 Å². The lowest BCUT2D eigenvalue weighted by Crippen LogP contribution is -1.94. The van der Waals surface area contributed by atoms with Crippen LogP contribution in [0.2, 0.25) is 0 Å². The summed E-state index contributed by atoms with van der Waals surface area (Å²) >= 11 is 0. The highest BCUT2D eigenvalue weighted by molar-refractivity contribution is 6.46. The zero-order valence-electron chi connectivity index (χ0n) is 25.8. The minimum Gasteiger partial charge on any atom is -0.506 e. The van der Waals surface area contributed by atoms with Gasteiger partial charge >= 0.3 is 0 Å². The molecule has 0 saturated heterocycles. The summed E-state index contributed by atoms with van der Waals surface area (Å²) in [6.45, 7) is 0. The van der Waals surface area contributed by atoms with E-state index in [-0.39, 0.29) is 37.9 Å². The summed E-state index contributed by atoms with van der Waals surface area (Å²) in [6, 6.07) is 22.7. The highest BCUT2D eigenvalue weighted by Crippen LogP contribution is 2.63. The van der Waals surface area contributed by atoms with E-state index in [0.29, 0.717) is 21.5 Å². The second kappa shape index (κ2) is 9.18. The smallest absolute Gasteiger partial charge is 0.205 e. The number of hydrogen-bond donors (Lipinski definition) is 10. The molecule has 51 heavy (non-hydrogen) atoms. The van der Waals surface area contributed by atoms with Crippen LogP contribution in [-0.2, 0) is 0 Å². The van der Waals surface area contributed by atoms with Crippen LogP contribution in [0.3, 0.4) is 0 Å². The molecule has 0 spiro atoms. The summed E-state index contributed by atoms with van der Waals surface area (Å²) in [6.07, 6.45) is 0. The molecule has 11 nitrogen and oxygen atoms in total. The molecule has 0 fully saturated rings. The van der Waals surface area contributed by atoms with Gasteiger partial charge in [0.05, 0.1) is 26.9 Å². The van der Waals surface area contributed by atoms with Crippen molar-refractivity contribution in [2.45, 2.75) is 0 Å². The van der Waals surface area contributed by atoms with Crippen molar-refractivity contribution in [2.24, 2.45) is 0 Å². The van der Waals surface area contributed by atoms with Gasteiger partial charge in [0.2, 0.25) is 17.2 Å². The van der Waals surface area contributed by atoms with Crippen LogP contribution in [-0.4, -0.2) is 51.1 Å². The summed E-state index contributed by atoms with van der Waals surface area (Å²) in [5, 5.41) is 114. The van der Waals surface area contributed by atoms with Crippen molar-refractivity contribution < 1.29 is 55.5 Å². The van der Waals surface area contributed by atoms with E-state index < -0.39 is 73.9 Å². The van der Waals surface area contributed by atoms with Gasteiger partial charge in [-0.2, -0.15) is 0 Å². The van der Waals surface area contributed by atoms with Crippen LogP contribution < -0.4 is 0 Å². The van der Waals surface area contributed by atoms with Crippen molar-refractivity contribution in [3.05, 3.63) is 72.8 Å². The summed E-state index contributed by atoms with van der Waals surface area (Å²) in [5.41, 5.74) is 0.889. The van der Waals surface area contributed by atoms with E-state index in [4.69, 9.17) is 4.42 Å². The second-order valence-electron chi connectivity index (χ2n) is 12.6. The number of benzene rings is 9. The average molecular weight is 679 g/mol. The highest BCUT2D eigenvalue weighted by atomic mass is 16.4. The molecule has 0 amide bonds. The molecular formula is C40H22O11. The Labute approximate surface area is 283 Å². The molecular weight excluding hydrogens is 656 g/mol. The Morgan fingerprint density at radius 1 is 0.275 bits per heavy atom. The molecule has 0 atom stereocenters. The first-order chi connectivity index (χ1) is 24.5. The van der Waals surface area contributed by atoms with E-state index in [1.54, 1.807) is 12.1 Å². The maximum Gasteiger partial charge on any atom is 0.205 e. The Morgan fingerprint density at radius 3 is 1.47 bits per heavy atom. The third kappa shape index (κ3) is 3.14. The second-order valence-corrected chi connectivity index (χ2v) is 12.6. The predicted molar refractivity (Wildman–Crippen MR) is 192 cm³/mol. The molecule has 10 aromatic rings. The van der Waals surface area contributed by atoms with Crippen LogP contribution in [0.5, 0.6) is 57.5 Å². The molecule has 10 N–H and O–H groups in total. The van der Waals surface area contributed by atoms with E-state index in [0.717, 1.165) is 21.9 Å². The average Bonchev–Trinajstić information content (AvgIpc) is 3.55. The molecule has 0 radical (unpaired) electrons. The van der Waals surface area contributed by atoms with E-state index in [9.17, 15) is 51.1 Å².